The molecule has 0 spiro atoms. The Kier molecular flexibility index (Phi) is 4.79. The quantitative estimate of drug-likeness (QED) is 0.916. The van der Waals surface area contributed by atoms with Crippen molar-refractivity contribution in [2.45, 2.75) is 19.9 Å². The van der Waals surface area contributed by atoms with Gasteiger partial charge in [-0.25, -0.2) is 9.97 Å². The molecule has 1 amide bonds. The number of pyridine rings is 1. The highest BCUT2D eigenvalue weighted by Crippen LogP contribution is 2.28. The Balaban J connectivity index is 1.78. The number of rotatable bonds is 4. The van der Waals surface area contributed by atoms with Crippen LogP contribution in [0.5, 0.6) is 5.88 Å². The molecule has 0 bridgehead atoms. The summed E-state index contributed by atoms with van der Waals surface area (Å²) in [5, 5.41) is 3.65. The van der Waals surface area contributed by atoms with E-state index in [9.17, 15) is 4.79 Å². The van der Waals surface area contributed by atoms with E-state index in [1.807, 2.05) is 6.92 Å². The van der Waals surface area contributed by atoms with Crippen LogP contribution in [0.2, 0.25) is 5.02 Å². The van der Waals surface area contributed by atoms with Gasteiger partial charge < -0.3 is 9.64 Å². The number of amides is 1. The van der Waals surface area contributed by atoms with Crippen molar-refractivity contribution in [2.24, 2.45) is 0 Å². The van der Waals surface area contributed by atoms with E-state index in [2.05, 4.69) is 27.2 Å². The van der Waals surface area contributed by atoms with E-state index in [-0.39, 0.29) is 16.6 Å². The summed E-state index contributed by atoms with van der Waals surface area (Å²) in [7, 11) is 2.07. The van der Waals surface area contributed by atoms with E-state index in [4.69, 9.17) is 16.3 Å². The van der Waals surface area contributed by atoms with Crippen LogP contribution in [0, 0.1) is 0 Å². The minimum atomic E-state index is -0.379. The molecule has 2 aromatic rings. The Morgan fingerprint density at radius 1 is 1.48 bits per heavy atom. The van der Waals surface area contributed by atoms with Gasteiger partial charge in [0.2, 0.25) is 5.88 Å². The average Bonchev–Trinajstić information content (AvgIpc) is 2.90. The fourth-order valence-corrected chi connectivity index (χ4v) is 3.62. The number of anilines is 1. The Hall–Kier alpha value is -1.70. The summed E-state index contributed by atoms with van der Waals surface area (Å²) in [4.78, 5) is 24.5. The molecule has 0 saturated carbocycles. The van der Waals surface area contributed by atoms with Crippen LogP contribution in [-0.2, 0) is 13.0 Å². The highest BCUT2D eigenvalue weighted by Gasteiger charge is 2.21. The van der Waals surface area contributed by atoms with Gasteiger partial charge in [-0.15, -0.1) is 11.3 Å². The van der Waals surface area contributed by atoms with Crippen molar-refractivity contribution in [3.05, 3.63) is 33.4 Å². The number of ether oxygens (including phenoxy) is 1. The van der Waals surface area contributed by atoms with E-state index in [0.717, 1.165) is 25.2 Å². The number of thiazole rings is 1. The van der Waals surface area contributed by atoms with Crippen LogP contribution in [-0.4, -0.2) is 41.0 Å². The fourth-order valence-electron chi connectivity index (χ4n) is 2.34. The van der Waals surface area contributed by atoms with Gasteiger partial charge >= 0.3 is 0 Å². The third-order valence-electron chi connectivity index (χ3n) is 3.47. The molecule has 1 aliphatic heterocycles. The Labute approximate surface area is 143 Å². The van der Waals surface area contributed by atoms with Crippen LogP contribution in [0.4, 0.5) is 5.13 Å². The van der Waals surface area contributed by atoms with Crippen LogP contribution < -0.4 is 10.1 Å². The molecular weight excluding hydrogens is 336 g/mol. The first-order valence-electron chi connectivity index (χ1n) is 7.34. The third-order valence-corrected chi connectivity index (χ3v) is 4.77. The molecule has 0 saturated heterocycles. The topological polar surface area (TPSA) is 67.3 Å². The third kappa shape index (κ3) is 3.63. The van der Waals surface area contributed by atoms with Crippen LogP contribution in [0.25, 0.3) is 0 Å². The number of nitrogens with zero attached hydrogens (tertiary/aromatic N) is 3. The highest BCUT2D eigenvalue weighted by molar-refractivity contribution is 7.15. The molecule has 2 aromatic heterocycles. The lowest BCUT2D eigenvalue weighted by Gasteiger charge is -2.20. The predicted molar refractivity (Wildman–Crippen MR) is 90.5 cm³/mol. The number of aromatic nitrogens is 2. The van der Waals surface area contributed by atoms with E-state index in [0.29, 0.717) is 17.6 Å². The number of carbonyl (C=O) groups excluding carboxylic acids is 1. The monoisotopic (exact) mass is 352 g/mol. The normalized spacial score (nSPS) is 14.4. The maximum Gasteiger partial charge on any atom is 0.277 e. The van der Waals surface area contributed by atoms with Crippen molar-refractivity contribution < 1.29 is 9.53 Å². The van der Waals surface area contributed by atoms with Crippen LogP contribution in [0.1, 0.15) is 28.0 Å². The second-order valence-corrected chi connectivity index (χ2v) is 6.73. The number of halogens is 1. The number of carbonyl (C=O) groups is 1. The smallest absolute Gasteiger partial charge is 0.277 e. The van der Waals surface area contributed by atoms with Crippen molar-refractivity contribution >= 4 is 34.0 Å². The minimum absolute atomic E-state index is 0.142. The molecule has 0 fully saturated rings. The number of hydrogen-bond donors (Lipinski definition) is 1. The van der Waals surface area contributed by atoms with E-state index < -0.39 is 0 Å². The Bertz CT molecular complexity index is 734. The number of hydrogen-bond acceptors (Lipinski definition) is 6. The number of likely N-dealkylation sites (N-methyl/N-ethyl adjacent to an activating group) is 1. The van der Waals surface area contributed by atoms with E-state index in [1.165, 1.54) is 16.2 Å². The largest absolute Gasteiger partial charge is 0.478 e. The van der Waals surface area contributed by atoms with Crippen molar-refractivity contribution in [1.29, 1.82) is 0 Å². The molecule has 1 aliphatic rings. The van der Waals surface area contributed by atoms with Gasteiger partial charge in [-0.3, -0.25) is 10.1 Å². The van der Waals surface area contributed by atoms with Crippen LogP contribution >= 0.6 is 22.9 Å². The average molecular weight is 353 g/mol. The first-order valence-corrected chi connectivity index (χ1v) is 8.54. The lowest BCUT2D eigenvalue weighted by atomic mass is 10.2. The van der Waals surface area contributed by atoms with Gasteiger partial charge in [0.05, 0.1) is 17.3 Å². The van der Waals surface area contributed by atoms with E-state index >= 15 is 0 Å². The fraction of sp³-hybridized carbons (Fsp3) is 0.400. The number of fused-ring (bicyclic) bond motifs is 1. The summed E-state index contributed by atoms with van der Waals surface area (Å²) in [5.74, 6) is -0.00175. The molecule has 3 rings (SSSR count). The molecule has 122 valence electrons. The van der Waals surface area contributed by atoms with Crippen LogP contribution in [0.3, 0.4) is 0 Å². The van der Waals surface area contributed by atoms with Gasteiger partial charge in [0.25, 0.3) is 5.91 Å². The van der Waals surface area contributed by atoms with Gasteiger partial charge in [0.1, 0.15) is 0 Å². The van der Waals surface area contributed by atoms with Gasteiger partial charge in [-0.1, -0.05) is 11.6 Å². The first-order chi connectivity index (χ1) is 11.1. The molecule has 0 radical (unpaired) electrons. The van der Waals surface area contributed by atoms with Crippen molar-refractivity contribution in [3.8, 4) is 5.88 Å². The lowest BCUT2D eigenvalue weighted by Crippen LogP contribution is -2.25. The maximum absolute atomic E-state index is 12.4. The first kappa shape index (κ1) is 16.2. The molecule has 23 heavy (non-hydrogen) atoms. The molecule has 6 nitrogen and oxygen atoms in total. The molecule has 0 unspecified atom stereocenters. The summed E-state index contributed by atoms with van der Waals surface area (Å²) in [6.07, 6.45) is 0.900. The molecule has 0 aromatic carbocycles. The predicted octanol–water partition coefficient (Wildman–Crippen LogP) is 2.83. The molecule has 0 aliphatic carbocycles. The second-order valence-electron chi connectivity index (χ2n) is 5.24. The molecular formula is C15H17ClN4O2S. The van der Waals surface area contributed by atoms with E-state index in [1.54, 1.807) is 12.1 Å². The molecule has 1 N–H and O–H groups in total. The molecule has 0 atom stereocenters. The lowest BCUT2D eigenvalue weighted by molar-refractivity contribution is 0.102. The van der Waals surface area contributed by atoms with Crippen molar-refractivity contribution in [2.75, 3.05) is 25.5 Å². The SMILES string of the molecule is CCOc1ccc(Cl)c(C(=O)Nc2nc3c(s2)CN(C)CC3)n1. The van der Waals surface area contributed by atoms with Crippen molar-refractivity contribution in [3.63, 3.8) is 0 Å². The second kappa shape index (κ2) is 6.82. The maximum atomic E-state index is 12.4. The standard InChI is InChI=1S/C15H17ClN4O2S/c1-3-22-12-5-4-9(16)13(18-12)14(21)19-15-17-10-6-7-20(2)8-11(10)23-15/h4-5H,3,6-8H2,1-2H3,(H,17,19,21). The van der Waals surface area contributed by atoms with Gasteiger partial charge in [-0.05, 0) is 20.0 Å². The zero-order valence-corrected chi connectivity index (χ0v) is 14.5. The summed E-state index contributed by atoms with van der Waals surface area (Å²) in [5.41, 5.74) is 1.20. The zero-order valence-electron chi connectivity index (χ0n) is 12.9. The minimum Gasteiger partial charge on any atom is -0.478 e. The van der Waals surface area contributed by atoms with Gasteiger partial charge in [0.15, 0.2) is 10.8 Å². The molecule has 3 heterocycles. The molecule has 8 heteroatoms. The summed E-state index contributed by atoms with van der Waals surface area (Å²) >= 11 is 7.57. The summed E-state index contributed by atoms with van der Waals surface area (Å²) in [6, 6.07) is 3.25. The van der Waals surface area contributed by atoms with Gasteiger partial charge in [-0.2, -0.15) is 0 Å². The Morgan fingerprint density at radius 3 is 3.09 bits per heavy atom. The number of nitrogens with one attached hydrogen (secondary N) is 1. The zero-order chi connectivity index (χ0) is 16.4. The van der Waals surface area contributed by atoms with Crippen LogP contribution in [0.15, 0.2) is 12.1 Å². The van der Waals surface area contributed by atoms with Gasteiger partial charge in [0, 0.05) is 30.5 Å². The Morgan fingerprint density at radius 2 is 2.30 bits per heavy atom. The summed E-state index contributed by atoms with van der Waals surface area (Å²) < 4.78 is 5.31. The van der Waals surface area contributed by atoms with Crippen molar-refractivity contribution in [1.82, 2.24) is 14.9 Å². The summed E-state index contributed by atoms with van der Waals surface area (Å²) in [6.45, 7) is 4.17. The highest BCUT2D eigenvalue weighted by atomic mass is 35.5.